The van der Waals surface area contributed by atoms with Crippen molar-refractivity contribution < 1.29 is 14.3 Å². The van der Waals surface area contributed by atoms with Crippen LogP contribution in [0, 0.1) is 0 Å². The number of morpholine rings is 1. The van der Waals surface area contributed by atoms with Crippen molar-refractivity contribution in [2.75, 3.05) is 26.3 Å². The van der Waals surface area contributed by atoms with E-state index in [1.54, 1.807) is 0 Å². The highest BCUT2D eigenvalue weighted by atomic mass is 16.5. The van der Waals surface area contributed by atoms with Crippen molar-refractivity contribution in [3.63, 3.8) is 0 Å². The summed E-state index contributed by atoms with van der Waals surface area (Å²) in [6.45, 7) is 9.23. The highest BCUT2D eigenvalue weighted by molar-refractivity contribution is 5.75. The Bertz CT molecular complexity index is 320. The van der Waals surface area contributed by atoms with Crippen molar-refractivity contribution in [2.24, 2.45) is 0 Å². The van der Waals surface area contributed by atoms with E-state index in [2.05, 4.69) is 24.1 Å². The lowest BCUT2D eigenvalue weighted by atomic mass is 10.1. The predicted molar refractivity (Wildman–Crippen MR) is 77.6 cm³/mol. The Morgan fingerprint density at radius 3 is 2.85 bits per heavy atom. The highest BCUT2D eigenvalue weighted by Gasteiger charge is 2.30. The third kappa shape index (κ3) is 4.72. The van der Waals surface area contributed by atoms with Gasteiger partial charge in [-0.1, -0.05) is 0 Å². The minimum absolute atomic E-state index is 0.103. The van der Waals surface area contributed by atoms with E-state index in [0.717, 1.165) is 26.1 Å². The van der Waals surface area contributed by atoms with Crippen LogP contribution in [0.25, 0.3) is 0 Å². The van der Waals surface area contributed by atoms with Crippen molar-refractivity contribution in [1.82, 2.24) is 10.2 Å². The average Bonchev–Trinajstić information content (AvgIpc) is 3.22. The molecule has 2 aliphatic rings. The second-order valence-electron chi connectivity index (χ2n) is 6.02. The van der Waals surface area contributed by atoms with E-state index in [1.807, 2.05) is 6.92 Å². The lowest BCUT2D eigenvalue weighted by Gasteiger charge is -2.37. The molecule has 1 heterocycles. The summed E-state index contributed by atoms with van der Waals surface area (Å²) < 4.78 is 10.8. The Balaban J connectivity index is 1.81. The maximum Gasteiger partial charge on any atom is 0.323 e. The van der Waals surface area contributed by atoms with Crippen LogP contribution >= 0.6 is 0 Å². The van der Waals surface area contributed by atoms with E-state index in [9.17, 15) is 4.79 Å². The molecule has 0 bridgehead atoms. The molecule has 3 atom stereocenters. The zero-order valence-electron chi connectivity index (χ0n) is 12.9. The van der Waals surface area contributed by atoms with Crippen LogP contribution in [0.3, 0.4) is 0 Å². The zero-order valence-corrected chi connectivity index (χ0v) is 12.9. The first kappa shape index (κ1) is 15.7. The molecule has 5 nitrogen and oxygen atoms in total. The van der Waals surface area contributed by atoms with Gasteiger partial charge in [0.15, 0.2) is 0 Å². The topological polar surface area (TPSA) is 50.8 Å². The van der Waals surface area contributed by atoms with Gasteiger partial charge in [-0.2, -0.15) is 0 Å². The molecule has 0 spiro atoms. The summed E-state index contributed by atoms with van der Waals surface area (Å²) in [6.07, 6.45) is 3.46. The SMILES string of the molecule is CCOC(=O)C(CCN1CC(C)OCC1C)NC1CC1. The van der Waals surface area contributed by atoms with Gasteiger partial charge in [0.1, 0.15) is 6.04 Å². The molecule has 1 N–H and O–H groups in total. The Morgan fingerprint density at radius 1 is 1.45 bits per heavy atom. The number of carbonyl (C=O) groups excluding carboxylic acids is 1. The first-order chi connectivity index (χ1) is 9.60. The number of hydrogen-bond acceptors (Lipinski definition) is 5. The number of nitrogens with zero attached hydrogens (tertiary/aromatic N) is 1. The summed E-state index contributed by atoms with van der Waals surface area (Å²) in [5.41, 5.74) is 0. The van der Waals surface area contributed by atoms with Crippen LogP contribution in [-0.4, -0.2) is 61.4 Å². The zero-order chi connectivity index (χ0) is 14.5. The highest BCUT2D eigenvalue weighted by Crippen LogP contribution is 2.21. The Hall–Kier alpha value is -0.650. The van der Waals surface area contributed by atoms with Crippen LogP contribution < -0.4 is 5.32 Å². The second kappa shape index (κ2) is 7.38. The summed E-state index contributed by atoms with van der Waals surface area (Å²) in [5, 5.41) is 3.41. The van der Waals surface area contributed by atoms with Crippen molar-refractivity contribution in [3.05, 3.63) is 0 Å². The molecule has 0 radical (unpaired) electrons. The van der Waals surface area contributed by atoms with Crippen molar-refractivity contribution in [3.8, 4) is 0 Å². The summed E-state index contributed by atoms with van der Waals surface area (Å²) in [6, 6.07) is 0.785. The number of ether oxygens (including phenoxy) is 2. The summed E-state index contributed by atoms with van der Waals surface area (Å²) in [4.78, 5) is 14.4. The first-order valence-corrected chi connectivity index (χ1v) is 7.88. The van der Waals surface area contributed by atoms with E-state index in [0.29, 0.717) is 18.7 Å². The van der Waals surface area contributed by atoms with Gasteiger partial charge in [-0.3, -0.25) is 9.69 Å². The largest absolute Gasteiger partial charge is 0.465 e. The van der Waals surface area contributed by atoms with Gasteiger partial charge in [0.05, 0.1) is 19.3 Å². The van der Waals surface area contributed by atoms with Crippen LogP contribution in [-0.2, 0) is 14.3 Å². The van der Waals surface area contributed by atoms with Gasteiger partial charge in [0, 0.05) is 25.2 Å². The molecule has 5 heteroatoms. The summed E-state index contributed by atoms with van der Waals surface area (Å²) in [5.74, 6) is -0.103. The first-order valence-electron chi connectivity index (χ1n) is 7.88. The van der Waals surface area contributed by atoms with Crippen molar-refractivity contribution >= 4 is 5.97 Å². The third-order valence-electron chi connectivity index (χ3n) is 4.03. The average molecular weight is 284 g/mol. The van der Waals surface area contributed by atoms with Gasteiger partial charge in [0.2, 0.25) is 0 Å². The van der Waals surface area contributed by atoms with E-state index in [-0.39, 0.29) is 18.1 Å². The number of nitrogens with one attached hydrogen (secondary N) is 1. The molecule has 0 aromatic rings. The van der Waals surface area contributed by atoms with E-state index in [4.69, 9.17) is 9.47 Å². The number of carbonyl (C=O) groups is 1. The third-order valence-corrected chi connectivity index (χ3v) is 4.03. The second-order valence-corrected chi connectivity index (χ2v) is 6.02. The van der Waals surface area contributed by atoms with Crippen LogP contribution in [0.2, 0.25) is 0 Å². The Morgan fingerprint density at radius 2 is 2.20 bits per heavy atom. The van der Waals surface area contributed by atoms with Gasteiger partial charge in [-0.25, -0.2) is 0 Å². The van der Waals surface area contributed by atoms with E-state index in [1.165, 1.54) is 12.8 Å². The molecule has 2 rings (SSSR count). The predicted octanol–water partition coefficient (Wildman–Crippen LogP) is 1.17. The van der Waals surface area contributed by atoms with Crippen LogP contribution in [0.5, 0.6) is 0 Å². The Kier molecular flexibility index (Phi) is 5.81. The standard InChI is InChI=1S/C15H28N2O3/c1-4-19-15(18)14(16-13-5-6-13)7-8-17-9-12(3)20-10-11(17)2/h11-14,16H,4-10H2,1-3H3. The molecule has 0 amide bonds. The number of hydrogen-bond donors (Lipinski definition) is 1. The van der Waals surface area contributed by atoms with Gasteiger partial charge in [-0.05, 0) is 40.0 Å². The minimum atomic E-state index is -0.159. The van der Waals surface area contributed by atoms with Crippen molar-refractivity contribution in [1.29, 1.82) is 0 Å². The van der Waals surface area contributed by atoms with Crippen LogP contribution in [0.15, 0.2) is 0 Å². The monoisotopic (exact) mass is 284 g/mol. The summed E-state index contributed by atoms with van der Waals surface area (Å²) in [7, 11) is 0. The Labute approximate surface area is 122 Å². The lowest BCUT2D eigenvalue weighted by molar-refractivity contribution is -0.146. The van der Waals surface area contributed by atoms with E-state index >= 15 is 0 Å². The molecule has 2 fully saturated rings. The van der Waals surface area contributed by atoms with Crippen molar-refractivity contribution in [2.45, 2.75) is 64.3 Å². The molecule has 3 unspecified atom stereocenters. The fourth-order valence-electron chi connectivity index (χ4n) is 2.63. The number of rotatable bonds is 7. The molecular formula is C15H28N2O3. The molecule has 1 aliphatic carbocycles. The molecule has 0 aromatic heterocycles. The molecule has 116 valence electrons. The molecule has 0 aromatic carbocycles. The van der Waals surface area contributed by atoms with Gasteiger partial charge >= 0.3 is 5.97 Å². The normalized spacial score (nSPS) is 29.1. The molecule has 1 saturated carbocycles. The molecule has 1 aliphatic heterocycles. The van der Waals surface area contributed by atoms with Gasteiger partial charge < -0.3 is 14.8 Å². The van der Waals surface area contributed by atoms with Gasteiger partial charge in [-0.15, -0.1) is 0 Å². The number of esters is 1. The van der Waals surface area contributed by atoms with Crippen LogP contribution in [0.4, 0.5) is 0 Å². The molecule has 1 saturated heterocycles. The maximum atomic E-state index is 12.0. The van der Waals surface area contributed by atoms with Gasteiger partial charge in [0.25, 0.3) is 0 Å². The fraction of sp³-hybridized carbons (Fsp3) is 0.933. The quantitative estimate of drug-likeness (QED) is 0.711. The van der Waals surface area contributed by atoms with Crippen LogP contribution in [0.1, 0.15) is 40.0 Å². The lowest BCUT2D eigenvalue weighted by Crippen LogP contribution is -2.49. The minimum Gasteiger partial charge on any atom is -0.465 e. The summed E-state index contributed by atoms with van der Waals surface area (Å²) >= 11 is 0. The smallest absolute Gasteiger partial charge is 0.323 e. The van der Waals surface area contributed by atoms with E-state index < -0.39 is 0 Å². The fourth-order valence-corrected chi connectivity index (χ4v) is 2.63. The molecular weight excluding hydrogens is 256 g/mol. The molecule has 20 heavy (non-hydrogen) atoms. The maximum absolute atomic E-state index is 12.0.